The molecular weight excluding hydrogens is 227 g/mol. The summed E-state index contributed by atoms with van der Waals surface area (Å²) in [7, 11) is 0. The van der Waals surface area contributed by atoms with Crippen molar-refractivity contribution in [2.75, 3.05) is 0 Å². The first-order valence-electron chi connectivity index (χ1n) is 2.79. The van der Waals surface area contributed by atoms with E-state index in [0.717, 1.165) is 15.8 Å². The van der Waals surface area contributed by atoms with E-state index < -0.39 is 0 Å². The molecule has 0 radical (unpaired) electrons. The van der Waals surface area contributed by atoms with E-state index in [1.165, 1.54) is 0 Å². The van der Waals surface area contributed by atoms with Crippen LogP contribution in [0.4, 0.5) is 0 Å². The van der Waals surface area contributed by atoms with Gasteiger partial charge < -0.3 is 0 Å². The Balaban J connectivity index is 2.88. The summed E-state index contributed by atoms with van der Waals surface area (Å²) in [4.78, 5) is 8.16. The van der Waals surface area contributed by atoms with Crippen LogP contribution in [0, 0.1) is 3.57 Å². The lowest BCUT2D eigenvalue weighted by atomic mass is 10.4. The molecule has 1 aromatic rings. The van der Waals surface area contributed by atoms with Gasteiger partial charge in [0.2, 0.25) is 0 Å². The highest BCUT2D eigenvalue weighted by Crippen LogP contribution is 1.99. The molecule has 0 aliphatic heterocycles. The van der Waals surface area contributed by atoms with Gasteiger partial charge in [-0.3, -0.25) is 0 Å². The van der Waals surface area contributed by atoms with Gasteiger partial charge in [0.05, 0.1) is 0 Å². The Bertz CT molecular complexity index is 183. The van der Waals surface area contributed by atoms with Gasteiger partial charge in [-0.25, -0.2) is 9.97 Å². The lowest BCUT2D eigenvalue weighted by Gasteiger charge is -1.91. The van der Waals surface area contributed by atoms with Gasteiger partial charge >= 0.3 is 0 Å². The quantitative estimate of drug-likeness (QED) is 0.690. The molecule has 2 nitrogen and oxygen atoms in total. The van der Waals surface area contributed by atoms with Crippen LogP contribution in [0.2, 0.25) is 0 Å². The van der Waals surface area contributed by atoms with Crippen molar-refractivity contribution in [3.8, 4) is 0 Å². The Kier molecular flexibility index (Phi) is 2.38. The Morgan fingerprint density at radius 2 is 2.00 bits per heavy atom. The average molecular weight is 234 g/mol. The maximum Gasteiger partial charge on any atom is 0.128 e. The van der Waals surface area contributed by atoms with Crippen LogP contribution in [0.3, 0.4) is 0 Å². The molecule has 9 heavy (non-hydrogen) atoms. The molecular formula is C6H7IN2. The maximum absolute atomic E-state index is 4.08. The first-order chi connectivity index (χ1) is 4.33. The van der Waals surface area contributed by atoms with Crippen molar-refractivity contribution < 1.29 is 0 Å². The second-order valence-electron chi connectivity index (χ2n) is 1.67. The lowest BCUT2D eigenvalue weighted by molar-refractivity contribution is 0.933. The van der Waals surface area contributed by atoms with Gasteiger partial charge in [-0.2, -0.15) is 0 Å². The van der Waals surface area contributed by atoms with Crippen molar-refractivity contribution in [1.29, 1.82) is 0 Å². The molecule has 0 saturated heterocycles. The molecule has 0 aromatic carbocycles. The Morgan fingerprint density at radius 3 is 2.44 bits per heavy atom. The van der Waals surface area contributed by atoms with Crippen molar-refractivity contribution in [2.24, 2.45) is 0 Å². The van der Waals surface area contributed by atoms with Crippen LogP contribution in [-0.2, 0) is 6.42 Å². The number of hydrogen-bond donors (Lipinski definition) is 0. The van der Waals surface area contributed by atoms with Crippen molar-refractivity contribution in [1.82, 2.24) is 9.97 Å². The summed E-state index contributed by atoms with van der Waals surface area (Å²) >= 11 is 2.19. The minimum Gasteiger partial charge on any atom is -0.240 e. The Labute approximate surface area is 67.9 Å². The van der Waals surface area contributed by atoms with Crippen LogP contribution in [0.15, 0.2) is 12.4 Å². The fourth-order valence-electron chi connectivity index (χ4n) is 0.522. The van der Waals surface area contributed by atoms with Crippen molar-refractivity contribution in [2.45, 2.75) is 13.3 Å². The second-order valence-corrected chi connectivity index (χ2v) is 2.92. The average Bonchev–Trinajstić information content (AvgIpc) is 1.90. The standard InChI is InChI=1S/C6H7IN2/c1-2-6-8-3-5(7)4-9-6/h3-4H,2H2,1H3. The maximum atomic E-state index is 4.08. The summed E-state index contributed by atoms with van der Waals surface area (Å²) in [5, 5.41) is 0. The first-order valence-corrected chi connectivity index (χ1v) is 3.87. The van der Waals surface area contributed by atoms with E-state index in [1.807, 2.05) is 19.3 Å². The highest BCUT2D eigenvalue weighted by Gasteiger charge is 1.89. The van der Waals surface area contributed by atoms with Crippen LogP contribution < -0.4 is 0 Å². The molecule has 0 atom stereocenters. The van der Waals surface area contributed by atoms with Gasteiger partial charge in [-0.15, -0.1) is 0 Å². The number of rotatable bonds is 1. The largest absolute Gasteiger partial charge is 0.240 e. The molecule has 0 bridgehead atoms. The van der Waals surface area contributed by atoms with Crippen LogP contribution in [0.1, 0.15) is 12.7 Å². The third-order valence-electron chi connectivity index (χ3n) is 0.990. The first kappa shape index (κ1) is 6.92. The highest BCUT2D eigenvalue weighted by atomic mass is 127. The van der Waals surface area contributed by atoms with Crippen molar-refractivity contribution in [3.63, 3.8) is 0 Å². The monoisotopic (exact) mass is 234 g/mol. The van der Waals surface area contributed by atoms with Crippen LogP contribution in [0.25, 0.3) is 0 Å². The summed E-state index contributed by atoms with van der Waals surface area (Å²) in [6.07, 6.45) is 4.57. The molecule has 0 saturated carbocycles. The number of aryl methyl sites for hydroxylation is 1. The molecule has 1 aromatic heterocycles. The van der Waals surface area contributed by atoms with E-state index in [4.69, 9.17) is 0 Å². The molecule has 1 heterocycles. The van der Waals surface area contributed by atoms with Crippen LogP contribution >= 0.6 is 22.6 Å². The van der Waals surface area contributed by atoms with Gasteiger partial charge in [0.1, 0.15) is 5.82 Å². The molecule has 0 fully saturated rings. The van der Waals surface area contributed by atoms with Crippen LogP contribution in [-0.4, -0.2) is 9.97 Å². The molecule has 0 unspecified atom stereocenters. The summed E-state index contributed by atoms with van der Waals surface area (Å²) in [5.41, 5.74) is 0. The molecule has 0 N–H and O–H groups in total. The summed E-state index contributed by atoms with van der Waals surface area (Å²) in [6, 6.07) is 0. The summed E-state index contributed by atoms with van der Waals surface area (Å²) in [5.74, 6) is 0.912. The summed E-state index contributed by atoms with van der Waals surface area (Å²) < 4.78 is 1.09. The van der Waals surface area contributed by atoms with E-state index in [0.29, 0.717) is 0 Å². The molecule has 48 valence electrons. The van der Waals surface area contributed by atoms with Gasteiger partial charge in [0.25, 0.3) is 0 Å². The fraction of sp³-hybridized carbons (Fsp3) is 0.333. The van der Waals surface area contributed by atoms with Gasteiger partial charge in [0.15, 0.2) is 0 Å². The predicted molar refractivity (Wildman–Crippen MR) is 44.1 cm³/mol. The Hall–Kier alpha value is -0.190. The minimum absolute atomic E-state index is 0.912. The van der Waals surface area contributed by atoms with Crippen molar-refractivity contribution >= 4 is 22.6 Å². The topological polar surface area (TPSA) is 25.8 Å². The van der Waals surface area contributed by atoms with Gasteiger partial charge in [-0.05, 0) is 22.6 Å². The summed E-state index contributed by atoms with van der Waals surface area (Å²) in [6.45, 7) is 2.04. The zero-order valence-corrected chi connectivity index (χ0v) is 7.29. The van der Waals surface area contributed by atoms with E-state index in [2.05, 4.69) is 32.6 Å². The molecule has 0 aliphatic carbocycles. The van der Waals surface area contributed by atoms with E-state index in [-0.39, 0.29) is 0 Å². The molecule has 3 heteroatoms. The second kappa shape index (κ2) is 3.10. The molecule has 0 amide bonds. The van der Waals surface area contributed by atoms with Crippen LogP contribution in [0.5, 0.6) is 0 Å². The number of nitrogens with zero attached hydrogens (tertiary/aromatic N) is 2. The molecule has 0 spiro atoms. The Morgan fingerprint density at radius 1 is 1.44 bits per heavy atom. The van der Waals surface area contributed by atoms with Crippen molar-refractivity contribution in [3.05, 3.63) is 21.8 Å². The minimum atomic E-state index is 0.912. The zero-order valence-electron chi connectivity index (χ0n) is 5.13. The highest BCUT2D eigenvalue weighted by molar-refractivity contribution is 14.1. The van der Waals surface area contributed by atoms with Gasteiger partial charge in [0, 0.05) is 22.4 Å². The van der Waals surface area contributed by atoms with E-state index in [1.54, 1.807) is 0 Å². The lowest BCUT2D eigenvalue weighted by Crippen LogP contribution is -1.90. The van der Waals surface area contributed by atoms with E-state index >= 15 is 0 Å². The molecule has 0 aliphatic rings. The third-order valence-corrected chi connectivity index (χ3v) is 1.55. The van der Waals surface area contributed by atoms with Gasteiger partial charge in [-0.1, -0.05) is 6.92 Å². The number of aromatic nitrogens is 2. The predicted octanol–water partition coefficient (Wildman–Crippen LogP) is 1.64. The number of halogens is 1. The van der Waals surface area contributed by atoms with E-state index in [9.17, 15) is 0 Å². The fourth-order valence-corrected chi connectivity index (χ4v) is 0.800. The SMILES string of the molecule is CCc1ncc(I)cn1. The normalized spacial score (nSPS) is 9.56. The zero-order chi connectivity index (χ0) is 6.69. The smallest absolute Gasteiger partial charge is 0.128 e. The number of hydrogen-bond acceptors (Lipinski definition) is 2. The third kappa shape index (κ3) is 1.89. The molecule has 1 rings (SSSR count).